The van der Waals surface area contributed by atoms with Crippen LogP contribution in [0.15, 0.2) is 558 Å². The van der Waals surface area contributed by atoms with Gasteiger partial charge in [-0.1, -0.05) is 370 Å². The number of hydrogen-bond donors (Lipinski definition) is 0. The summed E-state index contributed by atoms with van der Waals surface area (Å²) in [6.45, 7) is 0. The van der Waals surface area contributed by atoms with Crippen molar-refractivity contribution in [2.24, 2.45) is 0 Å². The molecular weight excluding hydrogens is 1690 g/mol. The normalized spacial score (nSPS) is 11.4. The van der Waals surface area contributed by atoms with Crippen molar-refractivity contribution in [3.05, 3.63) is 558 Å². The summed E-state index contributed by atoms with van der Waals surface area (Å²) in [7, 11) is 0. The van der Waals surface area contributed by atoms with Gasteiger partial charge in [-0.3, -0.25) is 0 Å². The number of rotatable bonds is 16. The van der Waals surface area contributed by atoms with Crippen LogP contribution in [0.25, 0.3) is 181 Å². The number of aromatic nitrogens is 3. The Kier molecular flexibility index (Phi) is 21.6. The Balaban J connectivity index is 0.000000111. The lowest BCUT2D eigenvalue weighted by atomic mass is 10.00. The van der Waals surface area contributed by atoms with E-state index in [9.17, 15) is 0 Å². The van der Waals surface area contributed by atoms with E-state index in [2.05, 4.69) is 587 Å². The molecule has 0 aliphatic heterocycles. The van der Waals surface area contributed by atoms with Crippen LogP contribution >= 0.6 is 0 Å². The quantitative estimate of drug-likeness (QED) is 0.0901. The van der Waals surface area contributed by atoms with Gasteiger partial charge in [0.25, 0.3) is 0 Å². The van der Waals surface area contributed by atoms with Crippen LogP contribution in [0, 0.1) is 0 Å². The van der Waals surface area contributed by atoms with Gasteiger partial charge in [0, 0.05) is 100.0 Å². The molecule has 3 heterocycles. The van der Waals surface area contributed by atoms with E-state index in [0.29, 0.717) is 0 Å². The van der Waals surface area contributed by atoms with E-state index < -0.39 is 0 Å². The highest BCUT2D eigenvalue weighted by Gasteiger charge is 2.23. The molecule has 0 N–H and O–H groups in total. The summed E-state index contributed by atoms with van der Waals surface area (Å²) < 4.78 is 7.18. The van der Waals surface area contributed by atoms with Crippen molar-refractivity contribution in [3.63, 3.8) is 0 Å². The maximum absolute atomic E-state index is 2.41. The Morgan fingerprint density at radius 3 is 0.914 bits per heavy atom. The zero-order valence-corrected chi connectivity index (χ0v) is 76.8. The molecule has 658 valence electrons. The molecule has 0 amide bonds. The molecule has 0 aliphatic rings. The predicted octanol–water partition coefficient (Wildman–Crippen LogP) is 37.2. The lowest BCUT2D eigenvalue weighted by Crippen LogP contribution is -2.10. The topological polar surface area (TPSA) is 24.5 Å². The van der Waals surface area contributed by atoms with Crippen molar-refractivity contribution in [2.75, 3.05) is 14.7 Å². The molecule has 0 fully saturated rings. The zero-order chi connectivity index (χ0) is 92.8. The van der Waals surface area contributed by atoms with E-state index in [1.807, 2.05) is 0 Å². The number of benzene rings is 24. The maximum atomic E-state index is 2.41. The second-order valence-corrected chi connectivity index (χ2v) is 35.9. The summed E-state index contributed by atoms with van der Waals surface area (Å²) in [5, 5.41) is 20.0. The van der Waals surface area contributed by atoms with Crippen molar-refractivity contribution in [3.8, 4) is 61.6 Å². The minimum Gasteiger partial charge on any atom is -0.311 e. The van der Waals surface area contributed by atoms with Gasteiger partial charge in [0.15, 0.2) is 0 Å². The van der Waals surface area contributed by atoms with Gasteiger partial charge in [-0.05, 0) is 276 Å². The molecule has 24 aromatic carbocycles. The van der Waals surface area contributed by atoms with Gasteiger partial charge in [0.05, 0.1) is 44.5 Å². The van der Waals surface area contributed by atoms with Crippen LogP contribution < -0.4 is 14.7 Å². The molecular formula is C134H92N6. The van der Waals surface area contributed by atoms with Gasteiger partial charge in [-0.25, -0.2) is 0 Å². The third kappa shape index (κ3) is 15.5. The first-order valence-electron chi connectivity index (χ1n) is 48.0. The van der Waals surface area contributed by atoms with Gasteiger partial charge in [0.2, 0.25) is 0 Å². The highest BCUT2D eigenvalue weighted by atomic mass is 15.2. The predicted molar refractivity (Wildman–Crippen MR) is 596 cm³/mol. The van der Waals surface area contributed by atoms with Crippen LogP contribution in [0.1, 0.15) is 0 Å². The lowest BCUT2D eigenvalue weighted by molar-refractivity contribution is 1.18. The molecule has 0 radical (unpaired) electrons. The number of anilines is 9. The molecule has 0 bridgehead atoms. The van der Waals surface area contributed by atoms with Gasteiger partial charge in [-0.2, -0.15) is 0 Å². The molecule has 6 nitrogen and oxygen atoms in total. The monoisotopic (exact) mass is 1780 g/mol. The summed E-state index contributed by atoms with van der Waals surface area (Å²) >= 11 is 0. The Labute approximate surface area is 812 Å². The van der Waals surface area contributed by atoms with Gasteiger partial charge in [0.1, 0.15) is 0 Å². The molecule has 0 unspecified atom stereocenters. The fourth-order valence-corrected chi connectivity index (χ4v) is 21.0. The molecule has 0 aliphatic carbocycles. The molecule has 0 atom stereocenters. The summed E-state index contributed by atoms with van der Waals surface area (Å²) in [4.78, 5) is 7.02. The van der Waals surface area contributed by atoms with Gasteiger partial charge >= 0.3 is 0 Å². The van der Waals surface area contributed by atoms with Crippen molar-refractivity contribution in [2.45, 2.75) is 0 Å². The SMILES string of the molecule is c1ccc(-c2ccc(N(c3ccc(-c4ccc5c(c4)c4ccccc4n5-c4ccccc4)cc3)c3ccc4ccc5ccccc5c4c3)cc2)cc1.c1ccc(N(c2ccc(-c3ccc4c(c3)c3ccccc3n4-c3ccc4ccccc4c3)cc2)c2cccc3ccccc23)cc1.c1ccc(N(c2ccccc2)c2ccc(-c3ccc4c(c3)c3ccccc3n4-c3cccc4ccccc34)cc2)cc1. The lowest BCUT2D eigenvalue weighted by Gasteiger charge is -2.27. The standard InChI is InChI=1S/C50H34N2.C44H30N2.C40H28N2/c1-3-11-35(12-4-1)36-21-27-42(28-22-36)51(44-31-25-39-20-19-38-13-7-8-16-45(38)47(39)34-44)43-29-23-37(24-30-43)40-26-32-50-48(33-40)46-17-9-10-18-49(46)52(50)41-14-5-2-6-15-41;1-2-15-36(16-3-1)45(42-20-10-14-33-12-6-7-17-39(33)42)37-25-21-32(22-26-37)35-24-28-44-41(30-35)40-18-8-9-19-43(40)46(44)38-27-23-31-11-4-5-13-34(31)29-38;1-3-14-32(15-4-1)41(33-16-5-2-6-17-33)34-25-22-29(23-26-34)31-24-27-40-37(28-31)36-19-9-10-20-39(36)42(40)38-21-11-13-30-12-7-8-18-35(30)38/h1-34H;1-30H;1-28H. The molecule has 0 saturated carbocycles. The first-order chi connectivity index (χ1) is 69.4. The Hall–Kier alpha value is -18.6. The second kappa shape index (κ2) is 36.3. The highest BCUT2D eigenvalue weighted by Crippen LogP contribution is 2.47. The molecule has 27 aromatic rings. The Morgan fingerprint density at radius 1 is 0.121 bits per heavy atom. The fourth-order valence-electron chi connectivity index (χ4n) is 21.0. The van der Waals surface area contributed by atoms with E-state index in [-0.39, 0.29) is 0 Å². The fraction of sp³-hybridized carbons (Fsp3) is 0. The summed E-state index contributed by atoms with van der Waals surface area (Å²) in [6, 6.07) is 201. The largest absolute Gasteiger partial charge is 0.311 e. The van der Waals surface area contributed by atoms with Crippen molar-refractivity contribution in [1.82, 2.24) is 13.7 Å². The Morgan fingerprint density at radius 2 is 0.414 bits per heavy atom. The van der Waals surface area contributed by atoms with Gasteiger partial charge < -0.3 is 28.4 Å². The van der Waals surface area contributed by atoms with Crippen molar-refractivity contribution >= 4 is 170 Å². The van der Waals surface area contributed by atoms with Crippen LogP contribution in [-0.4, -0.2) is 13.7 Å². The maximum Gasteiger partial charge on any atom is 0.0541 e. The van der Waals surface area contributed by atoms with E-state index in [1.165, 1.54) is 187 Å². The van der Waals surface area contributed by atoms with Crippen LogP contribution in [0.3, 0.4) is 0 Å². The molecule has 0 saturated heterocycles. The second-order valence-electron chi connectivity index (χ2n) is 35.9. The van der Waals surface area contributed by atoms with E-state index in [0.717, 1.165) is 45.5 Å². The summed E-state index contributed by atoms with van der Waals surface area (Å²) in [5.41, 5.74) is 30.6. The molecule has 3 aromatic heterocycles. The van der Waals surface area contributed by atoms with Gasteiger partial charge in [-0.15, -0.1) is 0 Å². The van der Waals surface area contributed by atoms with E-state index in [4.69, 9.17) is 0 Å². The number of nitrogens with zero attached hydrogens (tertiary/aromatic N) is 6. The number of para-hydroxylation sites is 7. The average molecular weight is 1790 g/mol. The third-order valence-corrected chi connectivity index (χ3v) is 27.7. The van der Waals surface area contributed by atoms with Crippen LogP contribution in [0.5, 0.6) is 0 Å². The minimum absolute atomic E-state index is 1.11. The number of hydrogen-bond acceptors (Lipinski definition) is 3. The van der Waals surface area contributed by atoms with E-state index >= 15 is 0 Å². The molecule has 27 rings (SSSR count). The first kappa shape index (κ1) is 83.2. The highest BCUT2D eigenvalue weighted by molar-refractivity contribution is 6.15. The smallest absolute Gasteiger partial charge is 0.0541 e. The first-order valence-corrected chi connectivity index (χ1v) is 48.0. The number of fused-ring (bicyclic) bond motifs is 15. The zero-order valence-electron chi connectivity index (χ0n) is 76.8. The summed E-state index contributed by atoms with van der Waals surface area (Å²) in [6.07, 6.45) is 0. The van der Waals surface area contributed by atoms with Crippen molar-refractivity contribution in [1.29, 1.82) is 0 Å². The van der Waals surface area contributed by atoms with Crippen LogP contribution in [0.4, 0.5) is 51.2 Å². The summed E-state index contributed by atoms with van der Waals surface area (Å²) in [5.74, 6) is 0. The molecule has 140 heavy (non-hydrogen) atoms. The van der Waals surface area contributed by atoms with Crippen molar-refractivity contribution < 1.29 is 0 Å². The molecule has 6 heteroatoms. The third-order valence-electron chi connectivity index (χ3n) is 27.7. The Bertz CT molecular complexity index is 9230. The average Bonchev–Trinajstić information content (AvgIpc) is 1.59. The van der Waals surface area contributed by atoms with Crippen LogP contribution in [0.2, 0.25) is 0 Å². The van der Waals surface area contributed by atoms with Crippen LogP contribution in [-0.2, 0) is 0 Å². The molecule has 0 spiro atoms. The van der Waals surface area contributed by atoms with E-state index in [1.54, 1.807) is 0 Å². The minimum atomic E-state index is 1.11.